The molecule has 1 aromatic carbocycles. The molecule has 4 unspecified atom stereocenters. The van der Waals surface area contributed by atoms with Crippen LogP contribution in [0.15, 0.2) is 18.2 Å². The number of carbonyl (C=O) groups is 2. The lowest BCUT2D eigenvalue weighted by molar-refractivity contribution is -0.135. The quantitative estimate of drug-likeness (QED) is 0.422. The molecule has 0 spiro atoms. The molecule has 0 radical (unpaired) electrons. The maximum absolute atomic E-state index is 13.6. The summed E-state index contributed by atoms with van der Waals surface area (Å²) in [6.07, 6.45) is 10.7. The minimum Gasteiger partial charge on any atom is -0.484 e. The number of rotatable bonds is 8. The molecule has 1 aliphatic heterocycles. The van der Waals surface area contributed by atoms with E-state index in [2.05, 4.69) is 22.0 Å². The van der Waals surface area contributed by atoms with Crippen LogP contribution >= 0.6 is 11.6 Å². The molecule has 6 rings (SSSR count). The number of nitriles is 1. The topological polar surface area (TPSA) is 103 Å². The van der Waals surface area contributed by atoms with Gasteiger partial charge in [-0.15, -0.1) is 0 Å². The van der Waals surface area contributed by atoms with Gasteiger partial charge in [-0.25, -0.2) is 4.39 Å². The van der Waals surface area contributed by atoms with Crippen LogP contribution in [0.2, 0.25) is 5.02 Å². The van der Waals surface area contributed by atoms with Crippen LogP contribution in [-0.4, -0.2) is 43.6 Å². The van der Waals surface area contributed by atoms with Crippen molar-refractivity contribution in [2.75, 3.05) is 19.7 Å². The predicted octanol–water partition coefficient (Wildman–Crippen LogP) is 4.35. The molecular formula is C29H38ClFN4O3. The zero-order valence-electron chi connectivity index (χ0n) is 21.8. The fraction of sp³-hybridized carbons (Fsp3) is 0.690. The van der Waals surface area contributed by atoms with Crippen molar-refractivity contribution in [1.29, 1.82) is 5.26 Å². The van der Waals surface area contributed by atoms with Gasteiger partial charge in [0.15, 0.2) is 6.61 Å². The van der Waals surface area contributed by atoms with Gasteiger partial charge in [0.1, 0.15) is 11.6 Å². The molecule has 4 aliphatic carbocycles. The Morgan fingerprint density at radius 2 is 1.92 bits per heavy atom. The molecule has 7 nitrogen and oxygen atoms in total. The van der Waals surface area contributed by atoms with Crippen LogP contribution in [0.4, 0.5) is 4.39 Å². The molecule has 1 aromatic rings. The lowest BCUT2D eigenvalue weighted by atomic mass is 9.68. The smallest absolute Gasteiger partial charge is 0.258 e. The largest absolute Gasteiger partial charge is 0.484 e. The summed E-state index contributed by atoms with van der Waals surface area (Å²) in [7, 11) is 0. The first-order valence-corrected chi connectivity index (χ1v) is 14.5. The Bertz CT molecular complexity index is 1060. The molecule has 2 bridgehead atoms. The summed E-state index contributed by atoms with van der Waals surface area (Å²) >= 11 is 5.69. The second-order valence-electron chi connectivity index (χ2n) is 11.9. The van der Waals surface area contributed by atoms with E-state index in [4.69, 9.17) is 16.3 Å². The Morgan fingerprint density at radius 1 is 1.16 bits per heavy atom. The molecule has 4 atom stereocenters. The number of halogens is 2. The monoisotopic (exact) mass is 544 g/mol. The molecule has 4 saturated carbocycles. The van der Waals surface area contributed by atoms with Gasteiger partial charge in [0.05, 0.1) is 22.5 Å². The van der Waals surface area contributed by atoms with Gasteiger partial charge in [0, 0.05) is 25.2 Å². The highest BCUT2D eigenvalue weighted by Gasteiger charge is 2.60. The van der Waals surface area contributed by atoms with Gasteiger partial charge >= 0.3 is 0 Å². The fourth-order valence-corrected chi connectivity index (χ4v) is 7.55. The summed E-state index contributed by atoms with van der Waals surface area (Å²) in [5.41, 5.74) is -0.405. The van der Waals surface area contributed by atoms with E-state index in [0.717, 1.165) is 31.9 Å². The second-order valence-corrected chi connectivity index (χ2v) is 12.3. The molecule has 5 fully saturated rings. The zero-order valence-corrected chi connectivity index (χ0v) is 22.6. The van der Waals surface area contributed by atoms with Crippen molar-refractivity contribution in [2.24, 2.45) is 29.1 Å². The molecule has 38 heavy (non-hydrogen) atoms. The van der Waals surface area contributed by atoms with Crippen molar-refractivity contribution in [2.45, 2.75) is 76.3 Å². The number of benzene rings is 1. The van der Waals surface area contributed by atoms with Crippen molar-refractivity contribution < 1.29 is 18.7 Å². The van der Waals surface area contributed by atoms with E-state index in [1.165, 1.54) is 50.7 Å². The van der Waals surface area contributed by atoms with Gasteiger partial charge in [-0.2, -0.15) is 5.26 Å². The number of piperidine rings is 1. The average molecular weight is 545 g/mol. The predicted molar refractivity (Wildman–Crippen MR) is 142 cm³/mol. The first-order chi connectivity index (χ1) is 18.4. The molecular weight excluding hydrogens is 507 g/mol. The Labute approximate surface area is 229 Å². The van der Waals surface area contributed by atoms with Gasteiger partial charge in [0.2, 0.25) is 5.91 Å². The highest BCUT2D eigenvalue weighted by Crippen LogP contribution is 2.59. The Morgan fingerprint density at radius 3 is 2.63 bits per heavy atom. The van der Waals surface area contributed by atoms with Crippen LogP contribution in [0.1, 0.15) is 64.2 Å². The van der Waals surface area contributed by atoms with Crippen molar-refractivity contribution in [3.8, 4) is 11.8 Å². The van der Waals surface area contributed by atoms with E-state index in [-0.39, 0.29) is 41.3 Å². The number of amides is 2. The first-order valence-electron chi connectivity index (χ1n) is 14.2. The number of carbonyl (C=O) groups excluding carboxylic acids is 2. The van der Waals surface area contributed by atoms with Crippen molar-refractivity contribution >= 4 is 23.4 Å². The molecule has 5 aliphatic rings. The summed E-state index contributed by atoms with van der Waals surface area (Å²) in [6, 6.07) is 6.33. The van der Waals surface area contributed by atoms with Crippen LogP contribution in [0.3, 0.4) is 0 Å². The van der Waals surface area contributed by atoms with E-state index in [1.807, 2.05) is 0 Å². The minimum atomic E-state index is -0.594. The Kier molecular flexibility index (Phi) is 8.44. The molecule has 1 saturated heterocycles. The number of hydrogen-bond acceptors (Lipinski definition) is 5. The van der Waals surface area contributed by atoms with E-state index < -0.39 is 11.2 Å². The second kappa shape index (κ2) is 11.8. The van der Waals surface area contributed by atoms with Crippen LogP contribution in [0.5, 0.6) is 5.75 Å². The van der Waals surface area contributed by atoms with E-state index in [0.29, 0.717) is 36.6 Å². The Hall–Kier alpha value is -2.37. The lowest BCUT2D eigenvalue weighted by Gasteiger charge is -2.41. The van der Waals surface area contributed by atoms with Crippen molar-refractivity contribution in [3.05, 3.63) is 29.0 Å². The van der Waals surface area contributed by atoms with E-state index >= 15 is 0 Å². The zero-order chi connectivity index (χ0) is 26.7. The summed E-state index contributed by atoms with van der Waals surface area (Å²) in [5.74, 6) is 1.21. The van der Waals surface area contributed by atoms with Gasteiger partial charge in [0.25, 0.3) is 5.91 Å². The third-order valence-corrected chi connectivity index (χ3v) is 9.81. The van der Waals surface area contributed by atoms with Crippen molar-refractivity contribution in [3.63, 3.8) is 0 Å². The molecule has 1 heterocycles. The maximum atomic E-state index is 13.6. The van der Waals surface area contributed by atoms with Gasteiger partial charge in [-0.1, -0.05) is 50.1 Å². The lowest BCUT2D eigenvalue weighted by Crippen LogP contribution is -2.52. The molecule has 0 aromatic heterocycles. The van der Waals surface area contributed by atoms with Crippen LogP contribution in [0.25, 0.3) is 0 Å². The average Bonchev–Trinajstić information content (AvgIpc) is 3.30. The molecule has 206 valence electrons. The van der Waals surface area contributed by atoms with E-state index in [1.54, 1.807) is 0 Å². The van der Waals surface area contributed by atoms with Crippen LogP contribution < -0.4 is 20.7 Å². The number of nitrogens with one attached hydrogen (secondary N) is 3. The number of fused-ring (bicyclic) bond motifs is 1. The first kappa shape index (κ1) is 27.2. The Balaban J connectivity index is 1.10. The fourth-order valence-electron chi connectivity index (χ4n) is 7.44. The summed E-state index contributed by atoms with van der Waals surface area (Å²) in [6.45, 7) is 1.19. The maximum Gasteiger partial charge on any atom is 0.258 e. The third-order valence-electron chi connectivity index (χ3n) is 9.50. The highest BCUT2D eigenvalue weighted by atomic mass is 35.5. The SMILES string of the molecule is N#CC1CC(C2CCCCCC2)C(CNC(=O)C23CC(C2)C(NC(=O)COc2ccc(Cl)c(F)c2)C3)CN1. The van der Waals surface area contributed by atoms with Gasteiger partial charge in [-0.05, 0) is 61.5 Å². The summed E-state index contributed by atoms with van der Waals surface area (Å²) < 4.78 is 19.0. The van der Waals surface area contributed by atoms with Gasteiger partial charge < -0.3 is 20.7 Å². The van der Waals surface area contributed by atoms with Crippen LogP contribution in [-0.2, 0) is 9.59 Å². The molecule has 2 amide bonds. The highest BCUT2D eigenvalue weighted by molar-refractivity contribution is 6.30. The van der Waals surface area contributed by atoms with E-state index in [9.17, 15) is 19.2 Å². The minimum absolute atomic E-state index is 0.00202. The number of hydrogen-bond donors (Lipinski definition) is 3. The molecule has 3 N–H and O–H groups in total. The summed E-state index contributed by atoms with van der Waals surface area (Å²) in [5, 5.41) is 19.2. The standard InChI is InChI=1S/C29H38ClFN4O3/c30-24-8-7-22(10-25(24)31)38-17-27(36)35-26-13-29(11-19(26)12-29)28(37)34-16-20-15-33-21(14-32)9-23(20)18-5-3-1-2-4-6-18/h7-8,10,18-21,23,26,33H,1-6,9,11-13,15-17H2,(H,34,37)(H,35,36). The van der Waals surface area contributed by atoms with Crippen molar-refractivity contribution in [1.82, 2.24) is 16.0 Å². The number of nitrogens with zero attached hydrogens (tertiary/aromatic N) is 1. The third kappa shape index (κ3) is 5.94. The van der Waals surface area contributed by atoms with Crippen LogP contribution in [0, 0.1) is 46.2 Å². The number of ether oxygens (including phenoxy) is 1. The molecule has 9 heteroatoms. The summed E-state index contributed by atoms with van der Waals surface area (Å²) in [4.78, 5) is 25.8. The normalized spacial score (nSPS) is 32.9. The van der Waals surface area contributed by atoms with Gasteiger partial charge in [-0.3, -0.25) is 9.59 Å².